The molecule has 0 aromatic heterocycles. The fourth-order valence-electron chi connectivity index (χ4n) is 4.41. The van der Waals surface area contributed by atoms with Gasteiger partial charge in [0.1, 0.15) is 0 Å². The lowest BCUT2D eigenvalue weighted by Crippen LogP contribution is -2.41. The summed E-state index contributed by atoms with van der Waals surface area (Å²) in [7, 11) is 0. The molecule has 4 heteroatoms. The Kier molecular flexibility index (Phi) is 5.13. The van der Waals surface area contributed by atoms with Gasteiger partial charge in [-0.3, -0.25) is 4.79 Å². The van der Waals surface area contributed by atoms with Gasteiger partial charge in [0, 0.05) is 18.5 Å². The average Bonchev–Trinajstić information content (AvgIpc) is 2.94. The zero-order chi connectivity index (χ0) is 12.5. The Morgan fingerprint density at radius 3 is 2.37 bits per heavy atom. The van der Waals surface area contributed by atoms with Crippen LogP contribution in [0.15, 0.2) is 0 Å². The molecule has 3 fully saturated rings. The summed E-state index contributed by atoms with van der Waals surface area (Å²) in [6, 6.07) is 0.764. The Balaban J connectivity index is 0.00000133. The lowest BCUT2D eigenvalue weighted by molar-refractivity contribution is -0.123. The van der Waals surface area contributed by atoms with Crippen LogP contribution in [0.5, 0.6) is 0 Å². The van der Waals surface area contributed by atoms with Gasteiger partial charge >= 0.3 is 0 Å². The molecule has 0 saturated heterocycles. The SMILES string of the molecule is Cl.NC1CCC(NC(=O)CC2CC3CCC2C3)CC1. The molecule has 0 spiro atoms. The van der Waals surface area contributed by atoms with Gasteiger partial charge in [0.15, 0.2) is 0 Å². The fourth-order valence-corrected chi connectivity index (χ4v) is 4.41. The first kappa shape index (κ1) is 15.1. The smallest absolute Gasteiger partial charge is 0.220 e. The number of nitrogens with one attached hydrogen (secondary N) is 1. The number of hydrogen-bond acceptors (Lipinski definition) is 2. The zero-order valence-corrected chi connectivity index (χ0v) is 12.5. The van der Waals surface area contributed by atoms with Crippen LogP contribution in [-0.2, 0) is 4.79 Å². The molecular weight excluding hydrogens is 260 g/mol. The van der Waals surface area contributed by atoms with E-state index in [1.807, 2.05) is 0 Å². The lowest BCUT2D eigenvalue weighted by atomic mass is 9.86. The molecule has 3 atom stereocenters. The van der Waals surface area contributed by atoms with E-state index in [9.17, 15) is 4.79 Å². The zero-order valence-electron chi connectivity index (χ0n) is 11.6. The van der Waals surface area contributed by atoms with Crippen molar-refractivity contribution in [2.45, 2.75) is 69.9 Å². The fraction of sp³-hybridized carbons (Fsp3) is 0.933. The summed E-state index contributed by atoms with van der Waals surface area (Å²) in [5.41, 5.74) is 5.89. The van der Waals surface area contributed by atoms with Gasteiger partial charge in [0.2, 0.25) is 5.91 Å². The van der Waals surface area contributed by atoms with E-state index in [2.05, 4.69) is 5.32 Å². The van der Waals surface area contributed by atoms with Crippen LogP contribution in [0.1, 0.15) is 57.8 Å². The first-order valence-electron chi connectivity index (χ1n) is 7.75. The molecule has 3 rings (SSSR count). The Morgan fingerprint density at radius 2 is 1.79 bits per heavy atom. The van der Waals surface area contributed by atoms with Crippen LogP contribution in [0, 0.1) is 17.8 Å². The molecule has 3 N–H and O–H groups in total. The van der Waals surface area contributed by atoms with Crippen molar-refractivity contribution in [2.75, 3.05) is 0 Å². The van der Waals surface area contributed by atoms with Crippen LogP contribution in [0.2, 0.25) is 0 Å². The molecule has 0 radical (unpaired) electrons. The summed E-state index contributed by atoms with van der Waals surface area (Å²) in [4.78, 5) is 12.1. The van der Waals surface area contributed by atoms with Gasteiger partial charge in [-0.25, -0.2) is 0 Å². The van der Waals surface area contributed by atoms with Gasteiger partial charge in [-0.1, -0.05) is 6.42 Å². The standard InChI is InChI=1S/C15H26N2O.ClH/c16-13-3-5-14(6-4-13)17-15(18)9-12-8-10-1-2-11(12)7-10;/h10-14H,1-9,16H2,(H,17,18);1H. The second-order valence-corrected chi connectivity index (χ2v) is 6.82. The minimum atomic E-state index is 0. The van der Waals surface area contributed by atoms with Crippen LogP contribution in [0.3, 0.4) is 0 Å². The van der Waals surface area contributed by atoms with E-state index in [0.717, 1.165) is 43.9 Å². The molecule has 3 nitrogen and oxygen atoms in total. The van der Waals surface area contributed by atoms with E-state index in [4.69, 9.17) is 5.73 Å². The average molecular weight is 287 g/mol. The van der Waals surface area contributed by atoms with Crippen LogP contribution in [0.25, 0.3) is 0 Å². The van der Waals surface area contributed by atoms with E-state index in [-0.39, 0.29) is 12.4 Å². The molecule has 3 unspecified atom stereocenters. The maximum absolute atomic E-state index is 12.1. The number of rotatable bonds is 3. The molecule has 0 heterocycles. The van der Waals surface area contributed by atoms with Crippen molar-refractivity contribution in [3.8, 4) is 0 Å². The number of hydrogen-bond donors (Lipinski definition) is 2. The number of carbonyl (C=O) groups excluding carboxylic acids is 1. The molecule has 2 bridgehead atoms. The van der Waals surface area contributed by atoms with E-state index in [1.165, 1.54) is 25.7 Å². The van der Waals surface area contributed by atoms with Crippen LogP contribution >= 0.6 is 12.4 Å². The van der Waals surface area contributed by atoms with Gasteiger partial charge < -0.3 is 11.1 Å². The molecule has 3 aliphatic carbocycles. The van der Waals surface area contributed by atoms with Gasteiger partial charge in [-0.15, -0.1) is 12.4 Å². The summed E-state index contributed by atoms with van der Waals surface area (Å²) in [6.07, 6.45) is 10.6. The van der Waals surface area contributed by atoms with Crippen LogP contribution in [0.4, 0.5) is 0 Å². The van der Waals surface area contributed by atoms with E-state index >= 15 is 0 Å². The maximum atomic E-state index is 12.1. The molecule has 110 valence electrons. The van der Waals surface area contributed by atoms with Gasteiger partial charge in [-0.2, -0.15) is 0 Å². The topological polar surface area (TPSA) is 55.1 Å². The van der Waals surface area contributed by atoms with Crippen molar-refractivity contribution in [1.29, 1.82) is 0 Å². The minimum Gasteiger partial charge on any atom is -0.353 e. The van der Waals surface area contributed by atoms with Crippen LogP contribution in [-0.4, -0.2) is 18.0 Å². The Hall–Kier alpha value is -0.280. The van der Waals surface area contributed by atoms with Gasteiger partial charge in [0.25, 0.3) is 0 Å². The summed E-state index contributed by atoms with van der Waals surface area (Å²) in [5, 5.41) is 3.23. The van der Waals surface area contributed by atoms with Crippen molar-refractivity contribution < 1.29 is 4.79 Å². The second kappa shape index (κ2) is 6.45. The highest BCUT2D eigenvalue weighted by Crippen LogP contribution is 2.49. The predicted octanol–water partition coefficient (Wildman–Crippen LogP) is 2.62. The number of carbonyl (C=O) groups is 1. The van der Waals surface area contributed by atoms with E-state index < -0.39 is 0 Å². The third-order valence-corrected chi connectivity index (χ3v) is 5.47. The molecular formula is C15H27ClN2O. The second-order valence-electron chi connectivity index (χ2n) is 6.82. The van der Waals surface area contributed by atoms with Crippen molar-refractivity contribution in [1.82, 2.24) is 5.32 Å². The van der Waals surface area contributed by atoms with E-state index in [0.29, 0.717) is 23.9 Å². The number of nitrogens with two attached hydrogens (primary N) is 1. The highest BCUT2D eigenvalue weighted by molar-refractivity contribution is 5.85. The number of amides is 1. The van der Waals surface area contributed by atoms with Crippen LogP contribution < -0.4 is 11.1 Å². The molecule has 0 aromatic rings. The minimum absolute atomic E-state index is 0. The summed E-state index contributed by atoms with van der Waals surface area (Å²) < 4.78 is 0. The maximum Gasteiger partial charge on any atom is 0.220 e. The van der Waals surface area contributed by atoms with Crippen molar-refractivity contribution in [3.05, 3.63) is 0 Å². The van der Waals surface area contributed by atoms with Crippen molar-refractivity contribution in [3.63, 3.8) is 0 Å². The Labute approximate surface area is 122 Å². The molecule has 1 amide bonds. The Bertz CT molecular complexity index is 315. The monoisotopic (exact) mass is 286 g/mol. The number of halogens is 1. The highest BCUT2D eigenvalue weighted by atomic mass is 35.5. The predicted molar refractivity (Wildman–Crippen MR) is 79.2 cm³/mol. The third kappa shape index (κ3) is 3.63. The quantitative estimate of drug-likeness (QED) is 0.838. The molecule has 0 aromatic carbocycles. The lowest BCUT2D eigenvalue weighted by Gasteiger charge is -2.28. The van der Waals surface area contributed by atoms with Crippen molar-refractivity contribution >= 4 is 18.3 Å². The normalized spacial score (nSPS) is 40.8. The van der Waals surface area contributed by atoms with Crippen molar-refractivity contribution in [2.24, 2.45) is 23.5 Å². The largest absolute Gasteiger partial charge is 0.353 e. The summed E-state index contributed by atoms with van der Waals surface area (Å²) in [5.74, 6) is 2.80. The van der Waals surface area contributed by atoms with Gasteiger partial charge in [-0.05, 0) is 62.7 Å². The van der Waals surface area contributed by atoms with Gasteiger partial charge in [0.05, 0.1) is 0 Å². The first-order chi connectivity index (χ1) is 8.70. The molecule has 3 saturated carbocycles. The molecule has 3 aliphatic rings. The highest BCUT2D eigenvalue weighted by Gasteiger charge is 2.40. The summed E-state index contributed by atoms with van der Waals surface area (Å²) >= 11 is 0. The van der Waals surface area contributed by atoms with E-state index in [1.54, 1.807) is 0 Å². The summed E-state index contributed by atoms with van der Waals surface area (Å²) in [6.45, 7) is 0. The number of fused-ring (bicyclic) bond motifs is 2. The molecule has 19 heavy (non-hydrogen) atoms. The molecule has 0 aliphatic heterocycles. The Morgan fingerprint density at radius 1 is 1.05 bits per heavy atom. The first-order valence-corrected chi connectivity index (χ1v) is 7.75. The third-order valence-electron chi connectivity index (χ3n) is 5.47.